The number of nitrogens with one attached hydrogen (secondary N) is 2. The van der Waals surface area contributed by atoms with Crippen LogP contribution in [0.5, 0.6) is 0 Å². The topological polar surface area (TPSA) is 75.5 Å². The Hall–Kier alpha value is -3.19. The van der Waals surface area contributed by atoms with Crippen LogP contribution in [0.25, 0.3) is 26.4 Å². The summed E-state index contributed by atoms with van der Waals surface area (Å²) in [6, 6.07) is 13.5. The van der Waals surface area contributed by atoms with E-state index in [0.717, 1.165) is 39.3 Å². The summed E-state index contributed by atoms with van der Waals surface area (Å²) in [6.45, 7) is 2.21. The number of carbonyl (C=O) groups excluding carboxylic acids is 2. The van der Waals surface area contributed by atoms with Crippen LogP contribution in [0.1, 0.15) is 40.5 Å². The van der Waals surface area contributed by atoms with Crippen LogP contribution in [-0.4, -0.2) is 34.3 Å². The summed E-state index contributed by atoms with van der Waals surface area (Å²) in [6.07, 6.45) is 4.12. The second-order valence-electron chi connectivity index (χ2n) is 7.97. The standard InChI is InChI=1S/C23H22N4O2S/c1-13-9-17(10-13)25-22(29)16-7-8-19-20(11-16)30-23-26-18(12-27(19)23)14-3-5-15(6-4-14)21(28)24-2/h3-8,11-13,17H,9-10H2,1-2H3,(H,24,28)(H,25,29). The molecule has 152 valence electrons. The van der Waals surface area contributed by atoms with Crippen molar-refractivity contribution in [1.29, 1.82) is 0 Å². The number of benzene rings is 2. The molecule has 2 amide bonds. The molecule has 1 fully saturated rings. The van der Waals surface area contributed by atoms with Gasteiger partial charge in [-0.1, -0.05) is 30.4 Å². The molecule has 0 atom stereocenters. The van der Waals surface area contributed by atoms with Gasteiger partial charge in [0.1, 0.15) is 0 Å². The van der Waals surface area contributed by atoms with E-state index in [1.54, 1.807) is 30.5 Å². The Labute approximate surface area is 177 Å². The molecule has 0 radical (unpaired) electrons. The predicted molar refractivity (Wildman–Crippen MR) is 119 cm³/mol. The van der Waals surface area contributed by atoms with E-state index >= 15 is 0 Å². The van der Waals surface area contributed by atoms with Crippen molar-refractivity contribution in [3.63, 3.8) is 0 Å². The average Bonchev–Trinajstić information content (AvgIpc) is 3.29. The summed E-state index contributed by atoms with van der Waals surface area (Å²) in [7, 11) is 1.62. The Morgan fingerprint density at radius 3 is 2.50 bits per heavy atom. The highest BCUT2D eigenvalue weighted by molar-refractivity contribution is 7.23. The van der Waals surface area contributed by atoms with Crippen molar-refractivity contribution >= 4 is 38.3 Å². The molecule has 1 saturated carbocycles. The van der Waals surface area contributed by atoms with Gasteiger partial charge in [0.05, 0.1) is 15.9 Å². The molecule has 6 nitrogen and oxygen atoms in total. The van der Waals surface area contributed by atoms with E-state index in [2.05, 4.69) is 22.0 Å². The smallest absolute Gasteiger partial charge is 0.251 e. The van der Waals surface area contributed by atoms with E-state index in [4.69, 9.17) is 4.98 Å². The maximum Gasteiger partial charge on any atom is 0.251 e. The van der Waals surface area contributed by atoms with Crippen molar-refractivity contribution in [2.45, 2.75) is 25.8 Å². The summed E-state index contributed by atoms with van der Waals surface area (Å²) in [5.41, 5.74) is 4.15. The minimum Gasteiger partial charge on any atom is -0.355 e. The molecule has 0 bridgehead atoms. The van der Waals surface area contributed by atoms with Gasteiger partial charge < -0.3 is 10.6 Å². The number of nitrogens with zero attached hydrogens (tertiary/aromatic N) is 2. The maximum atomic E-state index is 12.5. The van der Waals surface area contributed by atoms with Crippen LogP contribution in [0.15, 0.2) is 48.7 Å². The largest absolute Gasteiger partial charge is 0.355 e. The fraction of sp³-hybridized carbons (Fsp3) is 0.261. The van der Waals surface area contributed by atoms with Gasteiger partial charge >= 0.3 is 0 Å². The van der Waals surface area contributed by atoms with E-state index in [0.29, 0.717) is 23.1 Å². The first-order chi connectivity index (χ1) is 14.5. The number of thiazole rings is 1. The van der Waals surface area contributed by atoms with E-state index in [1.807, 2.05) is 36.5 Å². The lowest BCUT2D eigenvalue weighted by Crippen LogP contribution is -2.43. The molecule has 2 heterocycles. The van der Waals surface area contributed by atoms with E-state index in [9.17, 15) is 9.59 Å². The molecule has 30 heavy (non-hydrogen) atoms. The Kier molecular flexibility index (Phi) is 4.55. The quantitative estimate of drug-likeness (QED) is 0.524. The third-order valence-corrected chi connectivity index (χ3v) is 6.75. The van der Waals surface area contributed by atoms with Crippen LogP contribution < -0.4 is 10.6 Å². The highest BCUT2D eigenvalue weighted by Gasteiger charge is 2.27. The van der Waals surface area contributed by atoms with Crippen molar-refractivity contribution in [2.24, 2.45) is 5.92 Å². The van der Waals surface area contributed by atoms with Crippen LogP contribution in [-0.2, 0) is 0 Å². The number of hydrogen-bond acceptors (Lipinski definition) is 4. The first-order valence-corrected chi connectivity index (χ1v) is 10.9. The summed E-state index contributed by atoms with van der Waals surface area (Å²) in [5.74, 6) is 0.596. The van der Waals surface area contributed by atoms with Crippen molar-refractivity contribution in [2.75, 3.05) is 7.05 Å². The third-order valence-electron chi connectivity index (χ3n) is 5.74. The van der Waals surface area contributed by atoms with Gasteiger partial charge in [-0.2, -0.15) is 0 Å². The Morgan fingerprint density at radius 2 is 1.80 bits per heavy atom. The van der Waals surface area contributed by atoms with Crippen LogP contribution in [0.3, 0.4) is 0 Å². The van der Waals surface area contributed by atoms with Gasteiger partial charge in [-0.15, -0.1) is 0 Å². The van der Waals surface area contributed by atoms with Gasteiger partial charge in [0, 0.05) is 36.0 Å². The van der Waals surface area contributed by atoms with Crippen LogP contribution in [0.4, 0.5) is 0 Å². The molecule has 0 aliphatic heterocycles. The molecule has 1 aliphatic carbocycles. The van der Waals surface area contributed by atoms with Crippen molar-refractivity contribution in [3.8, 4) is 11.3 Å². The summed E-state index contributed by atoms with van der Waals surface area (Å²) in [4.78, 5) is 29.9. The van der Waals surface area contributed by atoms with E-state index in [-0.39, 0.29) is 11.8 Å². The average molecular weight is 419 g/mol. The fourth-order valence-corrected chi connectivity index (χ4v) is 5.05. The molecule has 5 rings (SSSR count). The Morgan fingerprint density at radius 1 is 1.07 bits per heavy atom. The molecular formula is C23H22N4O2S. The highest BCUT2D eigenvalue weighted by Crippen LogP contribution is 2.31. The molecule has 1 aliphatic rings. The second kappa shape index (κ2) is 7.25. The van der Waals surface area contributed by atoms with Crippen molar-refractivity contribution in [1.82, 2.24) is 20.0 Å². The first kappa shape index (κ1) is 18.8. The molecule has 7 heteroatoms. The predicted octanol–water partition coefficient (Wildman–Crippen LogP) is 4.10. The number of amides is 2. The molecule has 0 saturated heterocycles. The molecule has 2 aromatic heterocycles. The van der Waals surface area contributed by atoms with Crippen LogP contribution >= 0.6 is 11.3 Å². The Balaban J connectivity index is 1.41. The van der Waals surface area contributed by atoms with Crippen LogP contribution in [0, 0.1) is 5.92 Å². The molecule has 0 spiro atoms. The maximum absolute atomic E-state index is 12.5. The fourth-order valence-electron chi connectivity index (χ4n) is 4.01. The normalized spacial score (nSPS) is 18.3. The molecule has 2 N–H and O–H groups in total. The van der Waals surface area contributed by atoms with Gasteiger partial charge in [0.15, 0.2) is 4.96 Å². The number of aromatic nitrogens is 2. The first-order valence-electron chi connectivity index (χ1n) is 10.1. The number of carbonyl (C=O) groups is 2. The summed E-state index contributed by atoms with van der Waals surface area (Å²) >= 11 is 1.57. The lowest BCUT2D eigenvalue weighted by Gasteiger charge is -2.33. The number of hydrogen-bond donors (Lipinski definition) is 2. The van der Waals surface area contributed by atoms with Gasteiger partial charge in [0.2, 0.25) is 0 Å². The lowest BCUT2D eigenvalue weighted by molar-refractivity contribution is 0.0895. The van der Waals surface area contributed by atoms with Gasteiger partial charge in [-0.05, 0) is 49.1 Å². The SMILES string of the molecule is CNC(=O)c1ccc(-c2cn3c(n2)sc2cc(C(=O)NC4CC(C)C4)ccc23)cc1. The van der Waals surface area contributed by atoms with Gasteiger partial charge in [-0.25, -0.2) is 4.98 Å². The number of fused-ring (bicyclic) bond motifs is 3. The number of rotatable bonds is 4. The monoisotopic (exact) mass is 418 g/mol. The van der Waals surface area contributed by atoms with E-state index < -0.39 is 0 Å². The zero-order valence-corrected chi connectivity index (χ0v) is 17.6. The molecular weight excluding hydrogens is 396 g/mol. The lowest BCUT2D eigenvalue weighted by atomic mass is 9.82. The number of imidazole rings is 1. The summed E-state index contributed by atoms with van der Waals surface area (Å²) < 4.78 is 3.09. The van der Waals surface area contributed by atoms with E-state index in [1.165, 1.54) is 0 Å². The second-order valence-corrected chi connectivity index (χ2v) is 8.98. The molecule has 0 unspecified atom stereocenters. The van der Waals surface area contributed by atoms with Crippen molar-refractivity contribution < 1.29 is 9.59 Å². The highest BCUT2D eigenvalue weighted by atomic mass is 32.1. The molecule has 2 aromatic carbocycles. The zero-order chi connectivity index (χ0) is 20.8. The minimum absolute atomic E-state index is 0.00302. The van der Waals surface area contributed by atoms with Gasteiger partial charge in [0.25, 0.3) is 11.8 Å². The van der Waals surface area contributed by atoms with Gasteiger partial charge in [-0.3, -0.25) is 14.0 Å². The van der Waals surface area contributed by atoms with Crippen molar-refractivity contribution in [3.05, 3.63) is 59.8 Å². The molecule has 4 aromatic rings. The third kappa shape index (κ3) is 3.25. The zero-order valence-electron chi connectivity index (χ0n) is 16.8. The van der Waals surface area contributed by atoms with Crippen LogP contribution in [0.2, 0.25) is 0 Å². The Bertz CT molecular complexity index is 1270. The minimum atomic E-state index is -0.106. The summed E-state index contributed by atoms with van der Waals surface area (Å²) in [5, 5.41) is 5.74.